The van der Waals surface area contributed by atoms with Gasteiger partial charge >= 0.3 is 0 Å². The molecule has 4 nitrogen and oxygen atoms in total. The second-order valence-corrected chi connectivity index (χ2v) is 7.93. The minimum absolute atomic E-state index is 0.0305. The number of piperidine rings is 1. The van der Waals surface area contributed by atoms with E-state index in [0.29, 0.717) is 18.0 Å². The number of hydrogen-bond donors (Lipinski definition) is 1. The van der Waals surface area contributed by atoms with Crippen LogP contribution in [-0.2, 0) is 10.0 Å². The van der Waals surface area contributed by atoms with Crippen LogP contribution in [0, 0.1) is 5.92 Å². The van der Waals surface area contributed by atoms with Gasteiger partial charge in [-0.25, -0.2) is 8.42 Å². The van der Waals surface area contributed by atoms with Crippen LogP contribution in [0.5, 0.6) is 0 Å². The van der Waals surface area contributed by atoms with E-state index in [-0.39, 0.29) is 12.0 Å². The zero-order valence-corrected chi connectivity index (χ0v) is 13.3. The van der Waals surface area contributed by atoms with Crippen molar-refractivity contribution in [1.29, 1.82) is 0 Å². The van der Waals surface area contributed by atoms with E-state index in [1.165, 1.54) is 0 Å². The molecule has 6 heteroatoms. The number of rotatable bonds is 3. The van der Waals surface area contributed by atoms with Crippen LogP contribution in [0.4, 0.5) is 0 Å². The van der Waals surface area contributed by atoms with Crippen molar-refractivity contribution in [1.82, 2.24) is 4.31 Å². The number of nitrogens with two attached hydrogens (primary N) is 1. The maximum absolute atomic E-state index is 12.5. The van der Waals surface area contributed by atoms with Crippen molar-refractivity contribution in [2.75, 3.05) is 13.1 Å². The third kappa shape index (κ3) is 3.37. The molecule has 2 rings (SSSR count). The third-order valence-electron chi connectivity index (χ3n) is 3.62. The Morgan fingerprint density at radius 1 is 1.37 bits per heavy atom. The fraction of sp³-hybridized carbons (Fsp3) is 0.538. The molecule has 0 unspecified atom stereocenters. The van der Waals surface area contributed by atoms with Gasteiger partial charge in [0.05, 0.1) is 4.90 Å². The molecule has 106 valence electrons. The summed E-state index contributed by atoms with van der Waals surface area (Å²) < 4.78 is 27.5. The Labute approximate surface area is 123 Å². The quantitative estimate of drug-likeness (QED) is 0.912. The first-order chi connectivity index (χ1) is 8.91. The van der Waals surface area contributed by atoms with E-state index >= 15 is 0 Å². The summed E-state index contributed by atoms with van der Waals surface area (Å²) >= 11 is 3.31. The van der Waals surface area contributed by atoms with Gasteiger partial charge in [-0.2, -0.15) is 4.31 Å². The van der Waals surface area contributed by atoms with Crippen LogP contribution in [0.3, 0.4) is 0 Å². The van der Waals surface area contributed by atoms with E-state index in [4.69, 9.17) is 5.73 Å². The lowest BCUT2D eigenvalue weighted by Gasteiger charge is -2.33. The van der Waals surface area contributed by atoms with Crippen molar-refractivity contribution in [3.05, 3.63) is 28.7 Å². The Morgan fingerprint density at radius 2 is 2.00 bits per heavy atom. The molecule has 0 aliphatic carbocycles. The van der Waals surface area contributed by atoms with E-state index < -0.39 is 10.0 Å². The van der Waals surface area contributed by atoms with Gasteiger partial charge in [0, 0.05) is 23.6 Å². The number of nitrogens with zero attached hydrogens (tertiary/aromatic N) is 1. The Morgan fingerprint density at radius 3 is 2.58 bits per heavy atom. The summed E-state index contributed by atoms with van der Waals surface area (Å²) in [5.41, 5.74) is 5.90. The number of halogens is 1. The molecule has 0 aromatic heterocycles. The fourth-order valence-corrected chi connectivity index (χ4v) is 4.18. The maximum atomic E-state index is 12.5. The molecule has 1 aliphatic rings. The minimum atomic E-state index is -3.39. The zero-order valence-electron chi connectivity index (χ0n) is 10.9. The lowest BCUT2D eigenvalue weighted by Crippen LogP contribution is -2.44. The smallest absolute Gasteiger partial charge is 0.243 e. The summed E-state index contributed by atoms with van der Waals surface area (Å²) in [5, 5.41) is 0. The first-order valence-electron chi connectivity index (χ1n) is 6.42. The first-order valence-corrected chi connectivity index (χ1v) is 8.66. The van der Waals surface area contributed by atoms with Crippen molar-refractivity contribution in [3.63, 3.8) is 0 Å². The second-order valence-electron chi connectivity index (χ2n) is 5.08. The van der Waals surface area contributed by atoms with Crippen LogP contribution in [0.15, 0.2) is 33.6 Å². The second kappa shape index (κ2) is 5.91. The highest BCUT2D eigenvalue weighted by Gasteiger charge is 2.31. The van der Waals surface area contributed by atoms with Crippen LogP contribution in [0.2, 0.25) is 0 Å². The molecule has 1 aromatic carbocycles. The van der Waals surface area contributed by atoms with Gasteiger partial charge < -0.3 is 5.73 Å². The van der Waals surface area contributed by atoms with Crippen molar-refractivity contribution < 1.29 is 8.42 Å². The Kier molecular flexibility index (Phi) is 4.66. The third-order valence-corrected chi connectivity index (χ3v) is 6.02. The van der Waals surface area contributed by atoms with E-state index in [1.807, 2.05) is 6.92 Å². The van der Waals surface area contributed by atoms with Gasteiger partial charge in [-0.15, -0.1) is 0 Å². The molecule has 0 saturated carbocycles. The van der Waals surface area contributed by atoms with Gasteiger partial charge in [-0.3, -0.25) is 0 Å². The molecule has 0 amide bonds. The van der Waals surface area contributed by atoms with Gasteiger partial charge in [-0.1, -0.05) is 15.9 Å². The highest BCUT2D eigenvalue weighted by atomic mass is 79.9. The lowest BCUT2D eigenvalue weighted by molar-refractivity contribution is 0.243. The van der Waals surface area contributed by atoms with Gasteiger partial charge in [0.1, 0.15) is 0 Å². The standard InChI is InChI=1S/C13H19BrN2O2S/c1-10(15)11-3-2-8-16(9-11)19(17,18)13-6-4-12(14)5-7-13/h4-7,10-11H,2-3,8-9,15H2,1H3/t10-,11+/m1/s1. The van der Waals surface area contributed by atoms with E-state index in [1.54, 1.807) is 28.6 Å². The Bertz CT molecular complexity index is 528. The van der Waals surface area contributed by atoms with Gasteiger partial charge in [0.25, 0.3) is 0 Å². The first kappa shape index (κ1) is 15.0. The molecule has 19 heavy (non-hydrogen) atoms. The molecule has 0 spiro atoms. The number of benzene rings is 1. The summed E-state index contributed by atoms with van der Waals surface area (Å²) in [6.45, 7) is 3.05. The molecule has 1 aliphatic heterocycles. The Balaban J connectivity index is 2.22. The highest BCUT2D eigenvalue weighted by Crippen LogP contribution is 2.25. The van der Waals surface area contributed by atoms with E-state index in [9.17, 15) is 8.42 Å². The summed E-state index contributed by atoms with van der Waals surface area (Å²) in [5.74, 6) is 0.249. The van der Waals surface area contributed by atoms with Crippen molar-refractivity contribution in [2.24, 2.45) is 11.7 Å². The maximum Gasteiger partial charge on any atom is 0.243 e. The molecular weight excluding hydrogens is 328 g/mol. The van der Waals surface area contributed by atoms with Crippen LogP contribution in [0.25, 0.3) is 0 Å². The van der Waals surface area contributed by atoms with Crippen molar-refractivity contribution in [2.45, 2.75) is 30.7 Å². The fourth-order valence-electron chi connectivity index (χ4n) is 2.38. The van der Waals surface area contributed by atoms with Crippen molar-refractivity contribution in [3.8, 4) is 0 Å². The summed E-state index contributed by atoms with van der Waals surface area (Å²) in [4.78, 5) is 0.348. The molecular formula is C13H19BrN2O2S. The zero-order chi connectivity index (χ0) is 14.0. The molecule has 0 radical (unpaired) electrons. The predicted molar refractivity (Wildman–Crippen MR) is 79.3 cm³/mol. The van der Waals surface area contributed by atoms with Gasteiger partial charge in [-0.05, 0) is 49.9 Å². The van der Waals surface area contributed by atoms with E-state index in [2.05, 4.69) is 15.9 Å². The number of hydrogen-bond acceptors (Lipinski definition) is 3. The summed E-state index contributed by atoms with van der Waals surface area (Å²) in [6.07, 6.45) is 1.88. The van der Waals surface area contributed by atoms with Crippen LogP contribution in [-0.4, -0.2) is 31.9 Å². The highest BCUT2D eigenvalue weighted by molar-refractivity contribution is 9.10. The summed E-state index contributed by atoms with van der Waals surface area (Å²) in [7, 11) is -3.39. The SMILES string of the molecule is C[C@@H](N)[C@H]1CCCN(S(=O)(=O)c2ccc(Br)cc2)C1. The van der Waals surface area contributed by atoms with Crippen molar-refractivity contribution >= 4 is 26.0 Å². The largest absolute Gasteiger partial charge is 0.328 e. The van der Waals surface area contributed by atoms with Crippen LogP contribution in [0.1, 0.15) is 19.8 Å². The average Bonchev–Trinajstić information content (AvgIpc) is 2.39. The molecule has 1 saturated heterocycles. The topological polar surface area (TPSA) is 63.4 Å². The monoisotopic (exact) mass is 346 g/mol. The molecule has 2 atom stereocenters. The molecule has 1 fully saturated rings. The van der Waals surface area contributed by atoms with Gasteiger partial charge in [0.2, 0.25) is 10.0 Å². The van der Waals surface area contributed by atoms with E-state index in [0.717, 1.165) is 17.3 Å². The number of sulfonamides is 1. The van der Waals surface area contributed by atoms with Gasteiger partial charge in [0.15, 0.2) is 0 Å². The normalized spacial score (nSPS) is 23.2. The molecule has 1 heterocycles. The molecule has 0 bridgehead atoms. The average molecular weight is 347 g/mol. The lowest BCUT2D eigenvalue weighted by atomic mass is 9.93. The van der Waals surface area contributed by atoms with Crippen LogP contribution < -0.4 is 5.73 Å². The summed E-state index contributed by atoms with van der Waals surface area (Å²) in [6, 6.07) is 6.80. The van der Waals surface area contributed by atoms with Crippen LogP contribution >= 0.6 is 15.9 Å². The molecule has 2 N–H and O–H groups in total. The predicted octanol–water partition coefficient (Wildman–Crippen LogP) is 2.20. The minimum Gasteiger partial charge on any atom is -0.328 e. The Hall–Kier alpha value is -0.430. The molecule has 1 aromatic rings.